The molecule has 1 aliphatic rings. The molecule has 2 aromatic rings. The zero-order valence-electron chi connectivity index (χ0n) is 11.1. The Morgan fingerprint density at radius 1 is 0.947 bits per heavy atom. The number of allylic oxidation sites excluding steroid dienone is 1. The van der Waals surface area contributed by atoms with Gasteiger partial charge in [0, 0.05) is 5.70 Å². The van der Waals surface area contributed by atoms with Crippen LogP contribution in [0.2, 0.25) is 0 Å². The Hall–Kier alpha value is -2.28. The van der Waals surface area contributed by atoms with Crippen molar-refractivity contribution in [1.82, 2.24) is 5.32 Å². The zero-order valence-corrected chi connectivity index (χ0v) is 11.1. The van der Waals surface area contributed by atoms with Crippen LogP contribution in [0.4, 0.5) is 0 Å². The summed E-state index contributed by atoms with van der Waals surface area (Å²) in [6.45, 7) is 10.3. The van der Waals surface area contributed by atoms with Crippen LogP contribution in [0.5, 0.6) is 0 Å². The lowest BCUT2D eigenvalue weighted by Crippen LogP contribution is -2.41. The van der Waals surface area contributed by atoms with Crippen LogP contribution >= 0.6 is 0 Å². The molecule has 0 fully saturated rings. The van der Waals surface area contributed by atoms with E-state index in [2.05, 4.69) is 67.9 Å². The second-order valence-electron chi connectivity index (χ2n) is 5.20. The summed E-state index contributed by atoms with van der Waals surface area (Å²) in [4.78, 5) is 0. The molecule has 3 rings (SSSR count). The number of fused-ring (bicyclic) bond motifs is 1. The molecule has 19 heavy (non-hydrogen) atoms. The van der Waals surface area contributed by atoms with Gasteiger partial charge in [-0.25, -0.2) is 0 Å². The molecule has 0 spiro atoms. The molecule has 0 saturated heterocycles. The van der Waals surface area contributed by atoms with Gasteiger partial charge in [-0.2, -0.15) is 0 Å². The van der Waals surface area contributed by atoms with Gasteiger partial charge in [-0.1, -0.05) is 55.6 Å². The average Bonchev–Trinajstić information content (AvgIpc) is 2.43. The Kier molecular flexibility index (Phi) is 2.56. The van der Waals surface area contributed by atoms with Gasteiger partial charge in [-0.15, -0.1) is 0 Å². The fourth-order valence-electron chi connectivity index (χ4n) is 2.57. The fraction of sp³-hybridized carbons (Fsp3) is 0.111. The van der Waals surface area contributed by atoms with Gasteiger partial charge in [0.2, 0.25) is 0 Å². The van der Waals surface area contributed by atoms with Gasteiger partial charge in [-0.3, -0.25) is 0 Å². The largest absolute Gasteiger partial charge is 0.372 e. The van der Waals surface area contributed by atoms with Crippen LogP contribution in [0.3, 0.4) is 0 Å². The Labute approximate surface area is 114 Å². The van der Waals surface area contributed by atoms with Crippen molar-refractivity contribution in [2.24, 2.45) is 0 Å². The SMILES string of the molecule is C=C1C=CC(=C)[C@](C)(c2ccc3ccccc3c2)N1. The third-order valence-corrected chi connectivity index (χ3v) is 3.87. The molecule has 1 aliphatic heterocycles. The Morgan fingerprint density at radius 2 is 1.68 bits per heavy atom. The second-order valence-corrected chi connectivity index (χ2v) is 5.20. The highest BCUT2D eigenvalue weighted by Gasteiger charge is 2.30. The van der Waals surface area contributed by atoms with Crippen LogP contribution in [-0.2, 0) is 5.54 Å². The molecule has 0 aromatic heterocycles. The van der Waals surface area contributed by atoms with Gasteiger partial charge >= 0.3 is 0 Å². The van der Waals surface area contributed by atoms with E-state index in [9.17, 15) is 0 Å². The summed E-state index contributed by atoms with van der Waals surface area (Å²) in [5, 5.41) is 5.94. The lowest BCUT2D eigenvalue weighted by atomic mass is 9.82. The molecule has 0 aliphatic carbocycles. The van der Waals surface area contributed by atoms with Crippen LogP contribution < -0.4 is 5.32 Å². The van der Waals surface area contributed by atoms with Crippen molar-refractivity contribution < 1.29 is 0 Å². The zero-order chi connectivity index (χ0) is 13.5. The van der Waals surface area contributed by atoms with Gasteiger partial charge in [-0.05, 0) is 41.0 Å². The van der Waals surface area contributed by atoms with E-state index in [-0.39, 0.29) is 5.54 Å². The van der Waals surface area contributed by atoms with Gasteiger partial charge in [0.15, 0.2) is 0 Å². The van der Waals surface area contributed by atoms with Crippen molar-refractivity contribution in [3.8, 4) is 0 Å². The first kappa shape index (κ1) is 11.8. The van der Waals surface area contributed by atoms with E-state index in [1.165, 1.54) is 16.3 Å². The molecule has 0 bridgehead atoms. The number of nitrogens with one attached hydrogen (secondary N) is 1. The molecule has 0 radical (unpaired) electrons. The van der Waals surface area contributed by atoms with Gasteiger partial charge in [0.1, 0.15) is 0 Å². The predicted molar refractivity (Wildman–Crippen MR) is 81.9 cm³/mol. The number of benzene rings is 2. The van der Waals surface area contributed by atoms with Crippen molar-refractivity contribution in [1.29, 1.82) is 0 Å². The van der Waals surface area contributed by atoms with Crippen LogP contribution in [0.1, 0.15) is 12.5 Å². The summed E-state index contributed by atoms with van der Waals surface area (Å²) in [6, 6.07) is 14.9. The molecular weight excluding hydrogens is 230 g/mol. The van der Waals surface area contributed by atoms with Crippen LogP contribution in [0.25, 0.3) is 10.8 Å². The third-order valence-electron chi connectivity index (χ3n) is 3.87. The monoisotopic (exact) mass is 247 g/mol. The van der Waals surface area contributed by atoms with E-state index in [1.54, 1.807) is 0 Å². The maximum absolute atomic E-state index is 4.17. The number of rotatable bonds is 1. The van der Waals surface area contributed by atoms with Crippen LogP contribution in [0, 0.1) is 0 Å². The van der Waals surface area contributed by atoms with Crippen molar-refractivity contribution in [3.63, 3.8) is 0 Å². The third kappa shape index (κ3) is 1.88. The lowest BCUT2D eigenvalue weighted by molar-refractivity contribution is 0.488. The highest BCUT2D eigenvalue weighted by molar-refractivity contribution is 5.83. The van der Waals surface area contributed by atoms with Gasteiger partial charge < -0.3 is 5.32 Å². The maximum atomic E-state index is 4.17. The van der Waals surface area contributed by atoms with Gasteiger partial charge in [0.05, 0.1) is 5.54 Å². The highest BCUT2D eigenvalue weighted by Crippen LogP contribution is 2.34. The first-order valence-electron chi connectivity index (χ1n) is 6.43. The summed E-state index contributed by atoms with van der Waals surface area (Å²) in [6.07, 6.45) is 4.00. The van der Waals surface area contributed by atoms with Crippen molar-refractivity contribution in [2.45, 2.75) is 12.5 Å². The van der Waals surface area contributed by atoms with E-state index in [4.69, 9.17) is 0 Å². The molecule has 1 nitrogen and oxygen atoms in total. The summed E-state index contributed by atoms with van der Waals surface area (Å²) < 4.78 is 0. The molecule has 1 N–H and O–H groups in total. The van der Waals surface area contributed by atoms with Crippen LogP contribution in [0.15, 0.2) is 79.0 Å². The standard InChI is InChI=1S/C18H17N/c1-13-8-9-14(2)19-18(13,3)17-11-10-15-6-4-5-7-16(15)12-17/h4-12,19H,1-2H2,3H3/t18-/m1/s1. The first-order valence-corrected chi connectivity index (χ1v) is 6.43. The average molecular weight is 247 g/mol. The first-order chi connectivity index (χ1) is 9.09. The predicted octanol–water partition coefficient (Wildman–Crippen LogP) is 4.28. The van der Waals surface area contributed by atoms with E-state index in [1.807, 2.05) is 12.2 Å². The Bertz CT molecular complexity index is 708. The molecule has 1 heteroatoms. The summed E-state index contributed by atoms with van der Waals surface area (Å²) in [5.41, 5.74) is 2.90. The molecule has 2 aromatic carbocycles. The molecular formula is C18H17N. The van der Waals surface area contributed by atoms with E-state index in [0.29, 0.717) is 0 Å². The summed E-state index contributed by atoms with van der Waals surface area (Å²) in [7, 11) is 0. The summed E-state index contributed by atoms with van der Waals surface area (Å²) >= 11 is 0. The molecule has 94 valence electrons. The number of hydrogen-bond acceptors (Lipinski definition) is 1. The molecule has 1 heterocycles. The maximum Gasteiger partial charge on any atom is 0.0845 e. The second kappa shape index (κ2) is 4.13. The minimum Gasteiger partial charge on any atom is -0.372 e. The minimum absolute atomic E-state index is 0.282. The lowest BCUT2D eigenvalue weighted by Gasteiger charge is -2.36. The smallest absolute Gasteiger partial charge is 0.0845 e. The van der Waals surface area contributed by atoms with Crippen molar-refractivity contribution >= 4 is 10.8 Å². The summed E-state index contributed by atoms with van der Waals surface area (Å²) in [5.74, 6) is 0. The minimum atomic E-state index is -0.282. The molecule has 0 saturated carbocycles. The van der Waals surface area contributed by atoms with E-state index >= 15 is 0 Å². The van der Waals surface area contributed by atoms with Crippen molar-refractivity contribution in [2.75, 3.05) is 0 Å². The van der Waals surface area contributed by atoms with E-state index in [0.717, 1.165) is 11.3 Å². The van der Waals surface area contributed by atoms with Gasteiger partial charge in [0.25, 0.3) is 0 Å². The van der Waals surface area contributed by atoms with Crippen molar-refractivity contribution in [3.05, 3.63) is 84.6 Å². The normalized spacial score (nSPS) is 22.6. The topological polar surface area (TPSA) is 12.0 Å². The Morgan fingerprint density at radius 3 is 2.47 bits per heavy atom. The quantitative estimate of drug-likeness (QED) is 0.793. The van der Waals surface area contributed by atoms with E-state index < -0.39 is 0 Å². The molecule has 0 unspecified atom stereocenters. The Balaban J connectivity index is 2.15. The molecule has 1 atom stereocenters. The van der Waals surface area contributed by atoms with Crippen LogP contribution in [-0.4, -0.2) is 0 Å². The molecule has 0 amide bonds. The highest BCUT2D eigenvalue weighted by atomic mass is 15.0. The fourth-order valence-corrected chi connectivity index (χ4v) is 2.57. The number of hydrogen-bond donors (Lipinski definition) is 1.